The van der Waals surface area contributed by atoms with Crippen molar-refractivity contribution in [3.63, 3.8) is 0 Å². The lowest BCUT2D eigenvalue weighted by Crippen LogP contribution is -2.12. The standard InChI is InChI=1S/C18H18O2/c1-18(2,3)13-8-9-16-15(10-13)17(19)14-7-5-4-6-12(14)11-20-16/h4-10H,11H2,1-3H3. The summed E-state index contributed by atoms with van der Waals surface area (Å²) in [5.74, 6) is 0.735. The first-order valence-electron chi connectivity index (χ1n) is 6.87. The molecule has 102 valence electrons. The van der Waals surface area contributed by atoms with Crippen LogP contribution >= 0.6 is 0 Å². The van der Waals surface area contributed by atoms with Crippen LogP contribution in [0.3, 0.4) is 0 Å². The fraction of sp³-hybridized carbons (Fsp3) is 0.278. The van der Waals surface area contributed by atoms with Gasteiger partial charge in [0.2, 0.25) is 0 Å². The van der Waals surface area contributed by atoms with Gasteiger partial charge < -0.3 is 4.74 Å². The number of ketones is 1. The van der Waals surface area contributed by atoms with Gasteiger partial charge in [-0.05, 0) is 23.1 Å². The predicted octanol–water partition coefficient (Wildman–Crippen LogP) is 4.11. The topological polar surface area (TPSA) is 26.3 Å². The van der Waals surface area contributed by atoms with Gasteiger partial charge in [-0.25, -0.2) is 0 Å². The van der Waals surface area contributed by atoms with Crippen molar-refractivity contribution in [2.75, 3.05) is 0 Å². The Morgan fingerprint density at radius 2 is 1.75 bits per heavy atom. The van der Waals surface area contributed by atoms with Gasteiger partial charge in [-0.2, -0.15) is 0 Å². The Kier molecular flexibility index (Phi) is 2.89. The minimum atomic E-state index is 0.0150. The van der Waals surface area contributed by atoms with E-state index in [2.05, 4.69) is 20.8 Å². The van der Waals surface area contributed by atoms with Crippen LogP contribution in [-0.4, -0.2) is 5.78 Å². The average molecular weight is 266 g/mol. The number of fused-ring (bicyclic) bond motifs is 2. The summed E-state index contributed by atoms with van der Waals surface area (Å²) < 4.78 is 5.79. The highest BCUT2D eigenvalue weighted by molar-refractivity contribution is 6.12. The van der Waals surface area contributed by atoms with Gasteiger partial charge in [0.25, 0.3) is 0 Å². The highest BCUT2D eigenvalue weighted by Gasteiger charge is 2.24. The van der Waals surface area contributed by atoms with Crippen molar-refractivity contribution in [1.82, 2.24) is 0 Å². The van der Waals surface area contributed by atoms with Crippen molar-refractivity contribution >= 4 is 5.78 Å². The first-order valence-corrected chi connectivity index (χ1v) is 6.87. The molecule has 1 heterocycles. The molecule has 0 atom stereocenters. The molecule has 0 amide bonds. The summed E-state index contributed by atoms with van der Waals surface area (Å²) in [5.41, 5.74) is 3.53. The van der Waals surface area contributed by atoms with Crippen LogP contribution in [0.15, 0.2) is 42.5 Å². The van der Waals surface area contributed by atoms with Crippen LogP contribution < -0.4 is 4.74 Å². The van der Waals surface area contributed by atoms with E-state index in [9.17, 15) is 4.79 Å². The summed E-state index contributed by atoms with van der Waals surface area (Å²) in [4.78, 5) is 12.7. The summed E-state index contributed by atoms with van der Waals surface area (Å²) in [5, 5.41) is 0. The molecule has 20 heavy (non-hydrogen) atoms. The van der Waals surface area contributed by atoms with E-state index in [-0.39, 0.29) is 11.2 Å². The zero-order chi connectivity index (χ0) is 14.3. The minimum absolute atomic E-state index is 0.0150. The highest BCUT2D eigenvalue weighted by Crippen LogP contribution is 2.32. The van der Waals surface area contributed by atoms with Crippen LogP contribution in [0, 0.1) is 0 Å². The monoisotopic (exact) mass is 266 g/mol. The van der Waals surface area contributed by atoms with E-state index in [0.717, 1.165) is 16.7 Å². The summed E-state index contributed by atoms with van der Waals surface area (Å²) in [6.45, 7) is 6.88. The van der Waals surface area contributed by atoms with Gasteiger partial charge in [0, 0.05) is 11.1 Å². The number of hydrogen-bond donors (Lipinski definition) is 0. The molecule has 2 nitrogen and oxygen atoms in total. The second-order valence-corrected chi connectivity index (χ2v) is 6.24. The molecule has 0 aliphatic carbocycles. The van der Waals surface area contributed by atoms with Gasteiger partial charge >= 0.3 is 0 Å². The van der Waals surface area contributed by atoms with Gasteiger partial charge in [0.15, 0.2) is 5.78 Å². The Bertz CT molecular complexity index is 678. The second-order valence-electron chi connectivity index (χ2n) is 6.24. The Hall–Kier alpha value is -2.09. The predicted molar refractivity (Wildman–Crippen MR) is 79.3 cm³/mol. The molecule has 0 N–H and O–H groups in total. The number of ether oxygens (including phenoxy) is 1. The van der Waals surface area contributed by atoms with E-state index in [4.69, 9.17) is 4.74 Å². The van der Waals surface area contributed by atoms with Crippen LogP contribution in [0.25, 0.3) is 0 Å². The molecule has 0 saturated carbocycles. The second kappa shape index (κ2) is 4.48. The highest BCUT2D eigenvalue weighted by atomic mass is 16.5. The van der Waals surface area contributed by atoms with E-state index in [1.165, 1.54) is 0 Å². The van der Waals surface area contributed by atoms with E-state index < -0.39 is 0 Å². The molecule has 0 spiro atoms. The molecule has 2 heteroatoms. The number of carbonyl (C=O) groups is 1. The third kappa shape index (κ3) is 2.11. The van der Waals surface area contributed by atoms with Crippen molar-refractivity contribution in [2.45, 2.75) is 32.8 Å². The van der Waals surface area contributed by atoms with Crippen molar-refractivity contribution in [1.29, 1.82) is 0 Å². The maximum atomic E-state index is 12.7. The van der Waals surface area contributed by atoms with Crippen molar-refractivity contribution in [2.24, 2.45) is 0 Å². The van der Waals surface area contributed by atoms with E-state index in [0.29, 0.717) is 17.9 Å². The fourth-order valence-corrected chi connectivity index (χ4v) is 2.47. The first kappa shape index (κ1) is 12.9. The Labute approximate surface area is 119 Å². The summed E-state index contributed by atoms with van der Waals surface area (Å²) in [7, 11) is 0. The molecule has 0 aromatic heterocycles. The molecule has 2 aromatic carbocycles. The quantitative estimate of drug-likeness (QED) is 0.717. The smallest absolute Gasteiger partial charge is 0.197 e. The van der Waals surface area contributed by atoms with Gasteiger partial charge in [0.05, 0.1) is 5.56 Å². The lowest BCUT2D eigenvalue weighted by molar-refractivity contribution is 0.103. The maximum Gasteiger partial charge on any atom is 0.197 e. The lowest BCUT2D eigenvalue weighted by atomic mass is 9.85. The van der Waals surface area contributed by atoms with Crippen LogP contribution in [-0.2, 0) is 12.0 Å². The van der Waals surface area contributed by atoms with Crippen LogP contribution in [0.2, 0.25) is 0 Å². The largest absolute Gasteiger partial charge is 0.488 e. The van der Waals surface area contributed by atoms with E-state index in [1.807, 2.05) is 42.5 Å². The maximum absolute atomic E-state index is 12.7. The Morgan fingerprint density at radius 3 is 2.50 bits per heavy atom. The Morgan fingerprint density at radius 1 is 1.00 bits per heavy atom. The fourth-order valence-electron chi connectivity index (χ4n) is 2.47. The number of rotatable bonds is 0. The normalized spacial score (nSPS) is 14.1. The molecule has 2 aromatic rings. The van der Waals surface area contributed by atoms with Crippen LogP contribution in [0.5, 0.6) is 5.75 Å². The van der Waals surface area contributed by atoms with E-state index >= 15 is 0 Å². The zero-order valence-electron chi connectivity index (χ0n) is 12.1. The van der Waals surface area contributed by atoms with Crippen LogP contribution in [0.4, 0.5) is 0 Å². The lowest BCUT2D eigenvalue weighted by Gasteiger charge is -2.20. The molecule has 0 unspecified atom stereocenters. The third-order valence-electron chi connectivity index (χ3n) is 3.74. The molecular formula is C18H18O2. The molecule has 0 radical (unpaired) electrons. The number of hydrogen-bond acceptors (Lipinski definition) is 2. The van der Waals surface area contributed by atoms with Gasteiger partial charge in [0.1, 0.15) is 12.4 Å². The van der Waals surface area contributed by atoms with Gasteiger partial charge in [-0.15, -0.1) is 0 Å². The molecule has 1 aliphatic heterocycles. The van der Waals surface area contributed by atoms with Gasteiger partial charge in [-0.1, -0.05) is 51.1 Å². The molecule has 3 rings (SSSR count). The van der Waals surface area contributed by atoms with Crippen LogP contribution in [0.1, 0.15) is 47.8 Å². The summed E-state index contributed by atoms with van der Waals surface area (Å²) in [6.07, 6.45) is 0. The summed E-state index contributed by atoms with van der Waals surface area (Å²) >= 11 is 0. The van der Waals surface area contributed by atoms with Crippen molar-refractivity contribution in [3.05, 3.63) is 64.7 Å². The molecule has 0 saturated heterocycles. The summed E-state index contributed by atoms with van der Waals surface area (Å²) in [6, 6.07) is 13.6. The minimum Gasteiger partial charge on any atom is -0.488 e. The molecule has 0 fully saturated rings. The SMILES string of the molecule is CC(C)(C)c1ccc2c(c1)C(=O)c1ccccc1CO2. The zero-order valence-corrected chi connectivity index (χ0v) is 12.1. The number of benzene rings is 2. The van der Waals surface area contributed by atoms with E-state index in [1.54, 1.807) is 0 Å². The molecular weight excluding hydrogens is 248 g/mol. The molecule has 0 bridgehead atoms. The third-order valence-corrected chi connectivity index (χ3v) is 3.74. The van der Waals surface area contributed by atoms with Gasteiger partial charge in [-0.3, -0.25) is 4.79 Å². The van der Waals surface area contributed by atoms with Crippen molar-refractivity contribution < 1.29 is 9.53 Å². The molecule has 1 aliphatic rings. The Balaban J connectivity index is 2.16. The average Bonchev–Trinajstić information content (AvgIpc) is 2.56. The number of carbonyl (C=O) groups excluding carboxylic acids is 1. The van der Waals surface area contributed by atoms with Crippen molar-refractivity contribution in [3.8, 4) is 5.75 Å². The first-order chi connectivity index (χ1) is 9.47.